The van der Waals surface area contributed by atoms with Gasteiger partial charge in [-0.15, -0.1) is 0 Å². The molecular formula is C13H24N2O4. The number of carbonyl (C=O) groups is 2. The molecule has 1 saturated carbocycles. The Morgan fingerprint density at radius 1 is 1.21 bits per heavy atom. The van der Waals surface area contributed by atoms with E-state index in [-0.39, 0.29) is 18.1 Å². The molecule has 6 heteroatoms. The average molecular weight is 272 g/mol. The minimum absolute atomic E-state index is 0.0249. The third-order valence-corrected chi connectivity index (χ3v) is 3.34. The van der Waals surface area contributed by atoms with E-state index in [9.17, 15) is 14.7 Å². The monoisotopic (exact) mass is 272 g/mol. The SMILES string of the molecule is CC(C)CC(NC(=O)NC1CCC(O)CC1)C(=O)O. The fraction of sp³-hybridized carbons (Fsp3) is 0.846. The fourth-order valence-electron chi connectivity index (χ4n) is 2.30. The Bertz CT molecular complexity index is 312. The highest BCUT2D eigenvalue weighted by Gasteiger charge is 2.24. The second-order valence-electron chi connectivity index (χ2n) is 5.64. The van der Waals surface area contributed by atoms with Crippen molar-refractivity contribution >= 4 is 12.0 Å². The van der Waals surface area contributed by atoms with Gasteiger partial charge >= 0.3 is 12.0 Å². The first-order valence-corrected chi connectivity index (χ1v) is 6.86. The molecular weight excluding hydrogens is 248 g/mol. The van der Waals surface area contributed by atoms with Gasteiger partial charge in [0, 0.05) is 6.04 Å². The summed E-state index contributed by atoms with van der Waals surface area (Å²) in [7, 11) is 0. The third kappa shape index (κ3) is 5.92. The molecule has 1 aliphatic rings. The van der Waals surface area contributed by atoms with E-state index in [1.807, 2.05) is 13.8 Å². The van der Waals surface area contributed by atoms with Crippen molar-refractivity contribution < 1.29 is 19.8 Å². The van der Waals surface area contributed by atoms with Crippen LogP contribution in [0.25, 0.3) is 0 Å². The highest BCUT2D eigenvalue weighted by Crippen LogP contribution is 2.18. The van der Waals surface area contributed by atoms with E-state index in [0.717, 1.165) is 12.8 Å². The number of hydrogen-bond donors (Lipinski definition) is 4. The maximum Gasteiger partial charge on any atom is 0.326 e. The van der Waals surface area contributed by atoms with Gasteiger partial charge in [-0.1, -0.05) is 13.8 Å². The lowest BCUT2D eigenvalue weighted by molar-refractivity contribution is -0.139. The number of carboxylic acid groups (broad SMARTS) is 1. The van der Waals surface area contributed by atoms with Gasteiger partial charge in [0.25, 0.3) is 0 Å². The summed E-state index contributed by atoms with van der Waals surface area (Å²) < 4.78 is 0. The Balaban J connectivity index is 2.38. The van der Waals surface area contributed by atoms with E-state index < -0.39 is 18.0 Å². The number of aliphatic hydroxyl groups is 1. The molecule has 0 aromatic rings. The predicted octanol–water partition coefficient (Wildman–Crippen LogP) is 1.09. The van der Waals surface area contributed by atoms with Crippen molar-refractivity contribution in [2.45, 2.75) is 64.1 Å². The summed E-state index contributed by atoms with van der Waals surface area (Å²) in [6.07, 6.45) is 2.96. The van der Waals surface area contributed by atoms with Crippen LogP contribution < -0.4 is 10.6 Å². The van der Waals surface area contributed by atoms with Gasteiger partial charge in [0.1, 0.15) is 6.04 Å². The van der Waals surface area contributed by atoms with E-state index in [1.54, 1.807) is 0 Å². The lowest BCUT2D eigenvalue weighted by atomic mass is 9.93. The number of hydrogen-bond acceptors (Lipinski definition) is 3. The zero-order chi connectivity index (χ0) is 14.4. The van der Waals surface area contributed by atoms with Gasteiger partial charge in [0.2, 0.25) is 0 Å². The van der Waals surface area contributed by atoms with Crippen LogP contribution in [0.1, 0.15) is 46.0 Å². The lowest BCUT2D eigenvalue weighted by Crippen LogP contribution is -2.50. The molecule has 1 rings (SSSR count). The average Bonchev–Trinajstić information content (AvgIpc) is 2.30. The van der Waals surface area contributed by atoms with Gasteiger partial charge in [-0.2, -0.15) is 0 Å². The van der Waals surface area contributed by atoms with Gasteiger partial charge in [-0.05, 0) is 38.0 Å². The Labute approximate surface area is 113 Å². The first-order valence-electron chi connectivity index (χ1n) is 6.86. The molecule has 1 aliphatic carbocycles. The van der Waals surface area contributed by atoms with Crippen LogP contribution in [0.3, 0.4) is 0 Å². The van der Waals surface area contributed by atoms with E-state index >= 15 is 0 Å². The van der Waals surface area contributed by atoms with Crippen LogP contribution in [-0.4, -0.2) is 40.4 Å². The number of aliphatic carboxylic acids is 1. The summed E-state index contributed by atoms with van der Waals surface area (Å²) in [5.41, 5.74) is 0. The smallest absolute Gasteiger partial charge is 0.326 e. The first-order chi connectivity index (χ1) is 8.88. The molecule has 19 heavy (non-hydrogen) atoms. The highest BCUT2D eigenvalue weighted by molar-refractivity contribution is 5.82. The van der Waals surface area contributed by atoms with Crippen LogP contribution in [-0.2, 0) is 4.79 Å². The molecule has 1 unspecified atom stereocenters. The maximum atomic E-state index is 11.7. The Hall–Kier alpha value is -1.30. The topological polar surface area (TPSA) is 98.7 Å². The predicted molar refractivity (Wildman–Crippen MR) is 70.8 cm³/mol. The summed E-state index contributed by atoms with van der Waals surface area (Å²) in [4.78, 5) is 22.8. The van der Waals surface area contributed by atoms with Gasteiger partial charge in [-0.25, -0.2) is 9.59 Å². The summed E-state index contributed by atoms with van der Waals surface area (Å²) >= 11 is 0. The molecule has 0 aliphatic heterocycles. The minimum atomic E-state index is -1.01. The molecule has 0 aromatic heterocycles. The van der Waals surface area contributed by atoms with E-state index in [0.29, 0.717) is 19.3 Å². The maximum absolute atomic E-state index is 11.7. The molecule has 0 spiro atoms. The fourth-order valence-corrected chi connectivity index (χ4v) is 2.30. The van der Waals surface area contributed by atoms with Crippen molar-refractivity contribution in [2.24, 2.45) is 5.92 Å². The quantitative estimate of drug-likeness (QED) is 0.602. The third-order valence-electron chi connectivity index (χ3n) is 3.34. The van der Waals surface area contributed by atoms with Gasteiger partial charge in [-0.3, -0.25) is 0 Å². The van der Waals surface area contributed by atoms with Crippen LogP contribution in [0.15, 0.2) is 0 Å². The van der Waals surface area contributed by atoms with E-state index in [1.165, 1.54) is 0 Å². The Kier molecular flexibility index (Phi) is 6.08. The summed E-state index contributed by atoms with van der Waals surface area (Å²) in [5, 5.41) is 23.7. The molecule has 0 saturated heterocycles. The lowest BCUT2D eigenvalue weighted by Gasteiger charge is -2.27. The Morgan fingerprint density at radius 3 is 2.26 bits per heavy atom. The molecule has 0 bridgehead atoms. The van der Waals surface area contributed by atoms with Gasteiger partial charge in [0.15, 0.2) is 0 Å². The number of carboxylic acids is 1. The van der Waals surface area contributed by atoms with Gasteiger partial charge in [0.05, 0.1) is 6.10 Å². The van der Waals surface area contributed by atoms with Crippen molar-refractivity contribution in [3.05, 3.63) is 0 Å². The van der Waals surface area contributed by atoms with Crippen molar-refractivity contribution in [2.75, 3.05) is 0 Å². The summed E-state index contributed by atoms with van der Waals surface area (Å²) in [6.45, 7) is 3.83. The van der Waals surface area contributed by atoms with E-state index in [2.05, 4.69) is 10.6 Å². The molecule has 4 N–H and O–H groups in total. The Morgan fingerprint density at radius 2 is 1.79 bits per heavy atom. The van der Waals surface area contributed by atoms with Gasteiger partial charge < -0.3 is 20.8 Å². The molecule has 0 aromatic carbocycles. The normalized spacial score (nSPS) is 24.8. The molecule has 110 valence electrons. The number of rotatable bonds is 5. The van der Waals surface area contributed by atoms with Crippen molar-refractivity contribution in [3.8, 4) is 0 Å². The number of carbonyl (C=O) groups excluding carboxylic acids is 1. The van der Waals surface area contributed by atoms with Crippen molar-refractivity contribution in [1.82, 2.24) is 10.6 Å². The first kappa shape index (κ1) is 15.8. The zero-order valence-corrected chi connectivity index (χ0v) is 11.6. The summed E-state index contributed by atoms with van der Waals surface area (Å²) in [6, 6.07) is -1.26. The van der Waals surface area contributed by atoms with Crippen LogP contribution in [0.4, 0.5) is 4.79 Å². The highest BCUT2D eigenvalue weighted by atomic mass is 16.4. The van der Waals surface area contributed by atoms with Crippen LogP contribution >= 0.6 is 0 Å². The summed E-state index contributed by atoms with van der Waals surface area (Å²) in [5.74, 6) is -0.811. The number of urea groups is 1. The molecule has 6 nitrogen and oxygen atoms in total. The number of aliphatic hydroxyl groups excluding tert-OH is 1. The minimum Gasteiger partial charge on any atom is -0.480 e. The van der Waals surface area contributed by atoms with E-state index in [4.69, 9.17) is 5.11 Å². The molecule has 1 atom stereocenters. The van der Waals surface area contributed by atoms with Crippen molar-refractivity contribution in [3.63, 3.8) is 0 Å². The second-order valence-corrected chi connectivity index (χ2v) is 5.64. The molecule has 0 heterocycles. The standard InChI is InChI=1S/C13H24N2O4/c1-8(2)7-11(12(17)18)15-13(19)14-9-3-5-10(16)6-4-9/h8-11,16H,3-7H2,1-2H3,(H,17,18)(H2,14,15,19). The largest absolute Gasteiger partial charge is 0.480 e. The second kappa shape index (κ2) is 7.33. The van der Waals surface area contributed by atoms with Crippen LogP contribution in [0, 0.1) is 5.92 Å². The molecule has 0 radical (unpaired) electrons. The van der Waals surface area contributed by atoms with Crippen LogP contribution in [0.5, 0.6) is 0 Å². The molecule has 1 fully saturated rings. The van der Waals surface area contributed by atoms with Crippen molar-refractivity contribution in [1.29, 1.82) is 0 Å². The number of nitrogens with one attached hydrogen (secondary N) is 2. The zero-order valence-electron chi connectivity index (χ0n) is 11.6. The van der Waals surface area contributed by atoms with Crippen LogP contribution in [0.2, 0.25) is 0 Å². The molecule has 2 amide bonds. The number of amides is 2.